The number of carbonyl (C=O) groups is 1. The number of carbonyl (C=O) groups excluding carboxylic acids is 1. The fourth-order valence-electron chi connectivity index (χ4n) is 3.35. The molecule has 146 valence electrons. The van der Waals surface area contributed by atoms with Crippen LogP contribution in [0.3, 0.4) is 0 Å². The topological polar surface area (TPSA) is 80.5 Å². The van der Waals surface area contributed by atoms with Gasteiger partial charge in [0.25, 0.3) is 5.91 Å². The highest BCUT2D eigenvalue weighted by Crippen LogP contribution is 2.40. The van der Waals surface area contributed by atoms with E-state index in [4.69, 9.17) is 9.15 Å². The number of anilines is 1. The van der Waals surface area contributed by atoms with Crippen molar-refractivity contribution in [2.75, 3.05) is 19.5 Å². The molecule has 1 aliphatic rings. The molecule has 0 bridgehead atoms. The van der Waals surface area contributed by atoms with Gasteiger partial charge in [-0.05, 0) is 32.8 Å². The summed E-state index contributed by atoms with van der Waals surface area (Å²) in [7, 11) is 3.40. The molecular weight excluding hydrogens is 356 g/mol. The van der Waals surface area contributed by atoms with E-state index < -0.39 is 0 Å². The summed E-state index contributed by atoms with van der Waals surface area (Å²) >= 11 is 0. The first-order chi connectivity index (χ1) is 13.4. The number of fused-ring (bicyclic) bond motifs is 1. The van der Waals surface area contributed by atoms with Crippen molar-refractivity contribution >= 4 is 22.8 Å². The third kappa shape index (κ3) is 3.28. The molecule has 1 aromatic carbocycles. The molecule has 0 aliphatic heterocycles. The van der Waals surface area contributed by atoms with Crippen molar-refractivity contribution in [1.29, 1.82) is 0 Å². The first-order valence-electron chi connectivity index (χ1n) is 9.31. The van der Waals surface area contributed by atoms with Gasteiger partial charge in [0.05, 0.1) is 18.1 Å². The number of aromatic nitrogens is 2. The molecule has 4 rings (SSSR count). The molecule has 1 fully saturated rings. The average molecular weight is 380 g/mol. The molecule has 0 unspecified atom stereocenters. The van der Waals surface area contributed by atoms with E-state index in [1.165, 1.54) is 6.33 Å². The fourth-order valence-corrected chi connectivity index (χ4v) is 3.35. The smallest absolute Gasteiger partial charge is 0.258 e. The van der Waals surface area contributed by atoms with Gasteiger partial charge in [0.2, 0.25) is 5.71 Å². The molecule has 1 N–H and O–H groups in total. The van der Waals surface area contributed by atoms with Crippen LogP contribution in [0.4, 0.5) is 5.82 Å². The monoisotopic (exact) mass is 380 g/mol. The van der Waals surface area contributed by atoms with E-state index in [0.29, 0.717) is 34.8 Å². The zero-order valence-electron chi connectivity index (χ0n) is 16.6. The maximum atomic E-state index is 13.3. The standard InChI is InChI=1S/C21H24N4O3/c1-13-16(20(26)25(3)11-14-7-5-6-8-15(14)27-4)17-18(24-21(2)9-10-21)22-12-23-19(17)28-13/h5-8,12H,9-11H2,1-4H3,(H,22,23,24). The highest BCUT2D eigenvalue weighted by atomic mass is 16.5. The van der Waals surface area contributed by atoms with Gasteiger partial charge in [-0.1, -0.05) is 18.2 Å². The Morgan fingerprint density at radius 1 is 1.32 bits per heavy atom. The highest BCUT2D eigenvalue weighted by Gasteiger charge is 2.38. The van der Waals surface area contributed by atoms with Crippen LogP contribution in [-0.4, -0.2) is 40.5 Å². The molecule has 0 radical (unpaired) electrons. The summed E-state index contributed by atoms with van der Waals surface area (Å²) < 4.78 is 11.2. The van der Waals surface area contributed by atoms with Gasteiger partial charge in [0.1, 0.15) is 23.7 Å². The summed E-state index contributed by atoms with van der Waals surface area (Å²) in [5.74, 6) is 1.80. The summed E-state index contributed by atoms with van der Waals surface area (Å²) in [6.45, 7) is 4.35. The average Bonchev–Trinajstić information content (AvgIpc) is 3.30. The molecule has 0 spiro atoms. The Bertz CT molecular complexity index is 1040. The summed E-state index contributed by atoms with van der Waals surface area (Å²) in [5, 5.41) is 4.09. The molecule has 7 heteroatoms. The first kappa shape index (κ1) is 18.3. The predicted molar refractivity (Wildman–Crippen MR) is 107 cm³/mol. The number of furan rings is 1. The molecule has 1 saturated carbocycles. The third-order valence-electron chi connectivity index (χ3n) is 5.25. The van der Waals surface area contributed by atoms with Gasteiger partial charge in [-0.15, -0.1) is 0 Å². The largest absolute Gasteiger partial charge is 0.496 e. The van der Waals surface area contributed by atoms with Gasteiger partial charge in [-0.2, -0.15) is 0 Å². The second-order valence-electron chi connectivity index (χ2n) is 7.59. The molecule has 2 heterocycles. The van der Waals surface area contributed by atoms with Crippen molar-refractivity contribution in [2.45, 2.75) is 38.8 Å². The number of amides is 1. The van der Waals surface area contributed by atoms with Crippen molar-refractivity contribution in [1.82, 2.24) is 14.9 Å². The number of rotatable bonds is 6. The molecule has 0 atom stereocenters. The van der Waals surface area contributed by atoms with Gasteiger partial charge < -0.3 is 19.4 Å². The van der Waals surface area contributed by atoms with E-state index in [2.05, 4.69) is 22.2 Å². The van der Waals surface area contributed by atoms with Crippen LogP contribution < -0.4 is 10.1 Å². The number of nitrogens with one attached hydrogen (secondary N) is 1. The number of benzene rings is 1. The van der Waals surface area contributed by atoms with Gasteiger partial charge in [0, 0.05) is 24.7 Å². The van der Waals surface area contributed by atoms with Crippen LogP contribution in [0.1, 0.15) is 41.4 Å². The Morgan fingerprint density at radius 3 is 2.79 bits per heavy atom. The number of hydrogen-bond donors (Lipinski definition) is 1. The molecule has 0 saturated heterocycles. The van der Waals surface area contributed by atoms with Gasteiger partial charge in [0.15, 0.2) is 0 Å². The van der Waals surface area contributed by atoms with Crippen molar-refractivity contribution < 1.29 is 13.9 Å². The highest BCUT2D eigenvalue weighted by molar-refractivity contribution is 6.10. The number of para-hydroxylation sites is 1. The summed E-state index contributed by atoms with van der Waals surface area (Å²) in [6, 6.07) is 7.68. The van der Waals surface area contributed by atoms with E-state index in [9.17, 15) is 4.79 Å². The second-order valence-corrected chi connectivity index (χ2v) is 7.59. The first-order valence-corrected chi connectivity index (χ1v) is 9.31. The maximum absolute atomic E-state index is 13.3. The number of methoxy groups -OCH3 is 1. The lowest BCUT2D eigenvalue weighted by molar-refractivity contribution is 0.0784. The van der Waals surface area contributed by atoms with E-state index in [0.717, 1.165) is 24.2 Å². The van der Waals surface area contributed by atoms with Gasteiger partial charge >= 0.3 is 0 Å². The Kier molecular flexibility index (Phi) is 4.45. The minimum Gasteiger partial charge on any atom is -0.496 e. The number of nitrogens with zero attached hydrogens (tertiary/aromatic N) is 3. The van der Waals surface area contributed by atoms with Crippen molar-refractivity contribution in [3.63, 3.8) is 0 Å². The normalized spacial score (nSPS) is 14.7. The van der Waals surface area contributed by atoms with E-state index in [1.807, 2.05) is 24.3 Å². The van der Waals surface area contributed by atoms with Crippen LogP contribution in [0.5, 0.6) is 5.75 Å². The SMILES string of the molecule is COc1ccccc1CN(C)C(=O)c1c(C)oc2ncnc(NC3(C)CC3)c12. The quantitative estimate of drug-likeness (QED) is 0.701. The van der Waals surface area contributed by atoms with Crippen LogP contribution in [0.2, 0.25) is 0 Å². The van der Waals surface area contributed by atoms with Gasteiger partial charge in [-0.25, -0.2) is 9.97 Å². The van der Waals surface area contributed by atoms with Crippen molar-refractivity contribution in [3.8, 4) is 5.75 Å². The summed E-state index contributed by atoms with van der Waals surface area (Å²) in [6.07, 6.45) is 3.62. The Morgan fingerprint density at radius 2 is 2.07 bits per heavy atom. The minimum atomic E-state index is -0.138. The zero-order chi connectivity index (χ0) is 19.9. The lowest BCUT2D eigenvalue weighted by Gasteiger charge is -2.19. The Labute approximate surface area is 163 Å². The molecule has 28 heavy (non-hydrogen) atoms. The van der Waals surface area contributed by atoms with E-state index >= 15 is 0 Å². The minimum absolute atomic E-state index is 0.0239. The van der Waals surface area contributed by atoms with Gasteiger partial charge in [-0.3, -0.25) is 4.79 Å². The molecule has 1 amide bonds. The summed E-state index contributed by atoms with van der Waals surface area (Å²) in [5.41, 5.74) is 1.88. The predicted octanol–water partition coefficient (Wildman–Crippen LogP) is 3.78. The molecule has 7 nitrogen and oxygen atoms in total. The van der Waals surface area contributed by atoms with Crippen LogP contribution in [0.25, 0.3) is 11.1 Å². The Balaban J connectivity index is 1.69. The third-order valence-corrected chi connectivity index (χ3v) is 5.25. The molecule has 3 aromatic rings. The zero-order valence-corrected chi connectivity index (χ0v) is 16.6. The van der Waals surface area contributed by atoms with Crippen LogP contribution in [0.15, 0.2) is 35.0 Å². The van der Waals surface area contributed by atoms with Crippen molar-refractivity contribution in [3.05, 3.63) is 47.5 Å². The van der Waals surface area contributed by atoms with Crippen LogP contribution >= 0.6 is 0 Å². The fraction of sp³-hybridized carbons (Fsp3) is 0.381. The van der Waals surface area contributed by atoms with Crippen LogP contribution in [-0.2, 0) is 6.54 Å². The maximum Gasteiger partial charge on any atom is 0.258 e. The second kappa shape index (κ2) is 6.82. The van der Waals surface area contributed by atoms with Crippen LogP contribution in [0, 0.1) is 6.92 Å². The molecular formula is C21H24N4O3. The molecule has 1 aliphatic carbocycles. The number of ether oxygens (including phenoxy) is 1. The lowest BCUT2D eigenvalue weighted by atomic mass is 10.1. The van der Waals surface area contributed by atoms with E-state index in [1.54, 1.807) is 26.0 Å². The molecule has 2 aromatic heterocycles. The van der Waals surface area contributed by atoms with E-state index in [-0.39, 0.29) is 11.4 Å². The number of hydrogen-bond acceptors (Lipinski definition) is 6. The lowest BCUT2D eigenvalue weighted by Crippen LogP contribution is -2.27. The number of aryl methyl sites for hydroxylation is 1. The van der Waals surface area contributed by atoms with Crippen molar-refractivity contribution in [2.24, 2.45) is 0 Å². The Hall–Kier alpha value is -3.09. The summed E-state index contributed by atoms with van der Waals surface area (Å²) in [4.78, 5) is 23.6.